The fourth-order valence-electron chi connectivity index (χ4n) is 2.11. The molecule has 0 aliphatic carbocycles. The number of benzene rings is 1. The van der Waals surface area contributed by atoms with E-state index in [1.165, 1.54) is 18.5 Å². The normalized spacial score (nSPS) is 19.5. The standard InChI is InChI=1S/C12H10FN3O2/c13-9-1-3-10(4-2-9)16-6-8(5-11(16)17)12-14-7-18-15-12/h1-4,7-8H,5-6H2. The van der Waals surface area contributed by atoms with E-state index in [0.717, 1.165) is 0 Å². The van der Waals surface area contributed by atoms with Gasteiger partial charge in [0, 0.05) is 24.6 Å². The van der Waals surface area contributed by atoms with E-state index in [4.69, 9.17) is 0 Å². The third kappa shape index (κ3) is 1.85. The minimum absolute atomic E-state index is 0.0172. The topological polar surface area (TPSA) is 59.2 Å². The highest BCUT2D eigenvalue weighted by Crippen LogP contribution is 2.29. The van der Waals surface area contributed by atoms with Crippen LogP contribution in [0.2, 0.25) is 0 Å². The van der Waals surface area contributed by atoms with Crippen LogP contribution in [-0.4, -0.2) is 22.6 Å². The summed E-state index contributed by atoms with van der Waals surface area (Å²) < 4.78 is 17.5. The van der Waals surface area contributed by atoms with Crippen LogP contribution in [0.3, 0.4) is 0 Å². The van der Waals surface area contributed by atoms with E-state index in [0.29, 0.717) is 24.5 Å². The summed E-state index contributed by atoms with van der Waals surface area (Å²) in [6.45, 7) is 0.490. The average Bonchev–Trinajstić information content (AvgIpc) is 2.99. The van der Waals surface area contributed by atoms with Gasteiger partial charge in [0.05, 0.1) is 0 Å². The van der Waals surface area contributed by atoms with E-state index >= 15 is 0 Å². The van der Waals surface area contributed by atoms with Crippen molar-refractivity contribution in [3.8, 4) is 0 Å². The predicted octanol–water partition coefficient (Wildman–Crippen LogP) is 1.73. The number of halogens is 1. The first-order chi connectivity index (χ1) is 8.74. The molecular formula is C12H10FN3O2. The first-order valence-electron chi connectivity index (χ1n) is 5.56. The SMILES string of the molecule is O=C1CC(c2ncon2)CN1c1ccc(F)cc1. The van der Waals surface area contributed by atoms with Crippen molar-refractivity contribution in [3.05, 3.63) is 42.3 Å². The molecule has 1 aliphatic heterocycles. The molecule has 1 amide bonds. The molecule has 0 saturated carbocycles. The zero-order valence-electron chi connectivity index (χ0n) is 9.41. The van der Waals surface area contributed by atoms with Crippen LogP contribution in [-0.2, 0) is 4.79 Å². The van der Waals surface area contributed by atoms with E-state index < -0.39 is 0 Å². The van der Waals surface area contributed by atoms with Crippen molar-refractivity contribution < 1.29 is 13.7 Å². The van der Waals surface area contributed by atoms with Crippen molar-refractivity contribution in [2.24, 2.45) is 0 Å². The lowest BCUT2D eigenvalue weighted by molar-refractivity contribution is -0.117. The number of amides is 1. The Balaban J connectivity index is 1.82. The molecule has 1 fully saturated rings. The fraction of sp³-hybridized carbons (Fsp3) is 0.250. The van der Waals surface area contributed by atoms with Crippen molar-refractivity contribution >= 4 is 11.6 Å². The van der Waals surface area contributed by atoms with Gasteiger partial charge in [-0.1, -0.05) is 5.16 Å². The van der Waals surface area contributed by atoms with Crippen molar-refractivity contribution in [2.45, 2.75) is 12.3 Å². The molecule has 0 bridgehead atoms. The van der Waals surface area contributed by atoms with Gasteiger partial charge >= 0.3 is 0 Å². The molecule has 1 atom stereocenters. The molecule has 1 aromatic heterocycles. The molecule has 1 aliphatic rings. The molecule has 2 heterocycles. The van der Waals surface area contributed by atoms with Crippen LogP contribution in [0.4, 0.5) is 10.1 Å². The Morgan fingerprint density at radius 3 is 2.78 bits per heavy atom. The maximum Gasteiger partial charge on any atom is 0.227 e. The summed E-state index contributed by atoms with van der Waals surface area (Å²) in [5.41, 5.74) is 0.687. The second kappa shape index (κ2) is 4.21. The van der Waals surface area contributed by atoms with Crippen molar-refractivity contribution in [1.82, 2.24) is 10.1 Å². The molecule has 6 heteroatoms. The second-order valence-electron chi connectivity index (χ2n) is 4.17. The lowest BCUT2D eigenvalue weighted by Crippen LogP contribution is -2.24. The number of anilines is 1. The molecule has 1 aromatic carbocycles. The molecule has 3 rings (SSSR count). The van der Waals surface area contributed by atoms with Gasteiger partial charge in [-0.25, -0.2) is 4.39 Å². The third-order valence-corrected chi connectivity index (χ3v) is 3.01. The molecule has 1 unspecified atom stereocenters. The molecule has 92 valence electrons. The van der Waals surface area contributed by atoms with E-state index in [1.54, 1.807) is 17.0 Å². The first kappa shape index (κ1) is 10.9. The summed E-state index contributed by atoms with van der Waals surface area (Å²) in [6, 6.07) is 5.85. The van der Waals surface area contributed by atoms with Gasteiger partial charge in [0.1, 0.15) is 5.82 Å². The van der Waals surface area contributed by atoms with Gasteiger partial charge in [-0.05, 0) is 24.3 Å². The monoisotopic (exact) mass is 247 g/mol. The zero-order chi connectivity index (χ0) is 12.5. The van der Waals surface area contributed by atoms with Crippen molar-refractivity contribution in [1.29, 1.82) is 0 Å². The summed E-state index contributed by atoms with van der Waals surface area (Å²) in [7, 11) is 0. The second-order valence-corrected chi connectivity index (χ2v) is 4.17. The fourth-order valence-corrected chi connectivity index (χ4v) is 2.11. The molecule has 1 saturated heterocycles. The minimum Gasteiger partial charge on any atom is -0.343 e. The Labute approximate surface area is 102 Å². The van der Waals surface area contributed by atoms with Gasteiger partial charge in [-0.3, -0.25) is 4.79 Å². The van der Waals surface area contributed by atoms with Gasteiger partial charge in [-0.2, -0.15) is 4.98 Å². The molecule has 0 N–H and O–H groups in total. The van der Waals surface area contributed by atoms with Gasteiger partial charge in [0.25, 0.3) is 0 Å². The largest absolute Gasteiger partial charge is 0.343 e. The van der Waals surface area contributed by atoms with Crippen LogP contribution in [0.25, 0.3) is 0 Å². The van der Waals surface area contributed by atoms with Crippen LogP contribution in [0.5, 0.6) is 0 Å². The molecule has 5 nitrogen and oxygen atoms in total. The van der Waals surface area contributed by atoms with Gasteiger partial charge in [0.2, 0.25) is 12.3 Å². The van der Waals surface area contributed by atoms with Crippen molar-refractivity contribution in [2.75, 3.05) is 11.4 Å². The van der Waals surface area contributed by atoms with Crippen LogP contribution in [0.1, 0.15) is 18.2 Å². The first-order valence-corrected chi connectivity index (χ1v) is 5.56. The van der Waals surface area contributed by atoms with E-state index in [1.807, 2.05) is 0 Å². The number of hydrogen-bond acceptors (Lipinski definition) is 4. The summed E-state index contributed by atoms with van der Waals surface area (Å²) in [5.74, 6) is 0.130. The molecule has 0 spiro atoms. The molecule has 18 heavy (non-hydrogen) atoms. The van der Waals surface area contributed by atoms with Crippen molar-refractivity contribution in [3.63, 3.8) is 0 Å². The highest BCUT2D eigenvalue weighted by Gasteiger charge is 2.33. The number of carbonyl (C=O) groups excluding carboxylic acids is 1. The maximum atomic E-state index is 12.8. The summed E-state index contributed by atoms with van der Waals surface area (Å²) in [4.78, 5) is 17.5. The maximum absolute atomic E-state index is 12.8. The molecule has 0 radical (unpaired) electrons. The highest BCUT2D eigenvalue weighted by molar-refractivity contribution is 5.96. The smallest absolute Gasteiger partial charge is 0.227 e. The number of rotatable bonds is 2. The lowest BCUT2D eigenvalue weighted by Gasteiger charge is -2.15. The number of aromatic nitrogens is 2. The number of hydrogen-bond donors (Lipinski definition) is 0. The van der Waals surface area contributed by atoms with E-state index in [2.05, 4.69) is 14.7 Å². The average molecular weight is 247 g/mol. The van der Waals surface area contributed by atoms with Gasteiger partial charge < -0.3 is 9.42 Å². The Hall–Kier alpha value is -2.24. The summed E-state index contributed by atoms with van der Waals surface area (Å²) in [6.07, 6.45) is 1.59. The van der Waals surface area contributed by atoms with E-state index in [9.17, 15) is 9.18 Å². The zero-order valence-corrected chi connectivity index (χ0v) is 9.41. The van der Waals surface area contributed by atoms with Crippen LogP contribution in [0, 0.1) is 5.82 Å². The lowest BCUT2D eigenvalue weighted by atomic mass is 10.1. The third-order valence-electron chi connectivity index (χ3n) is 3.01. The van der Waals surface area contributed by atoms with Gasteiger partial charge in [-0.15, -0.1) is 0 Å². The Bertz CT molecular complexity index is 553. The Kier molecular flexibility index (Phi) is 2.55. The quantitative estimate of drug-likeness (QED) is 0.810. The van der Waals surface area contributed by atoms with Gasteiger partial charge in [0.15, 0.2) is 5.82 Å². The van der Waals surface area contributed by atoms with Crippen LogP contribution < -0.4 is 4.90 Å². The van der Waals surface area contributed by atoms with E-state index in [-0.39, 0.29) is 17.6 Å². The predicted molar refractivity (Wildman–Crippen MR) is 60.4 cm³/mol. The summed E-state index contributed by atoms with van der Waals surface area (Å²) >= 11 is 0. The Morgan fingerprint density at radius 2 is 2.11 bits per heavy atom. The number of carbonyl (C=O) groups is 1. The van der Waals surface area contributed by atoms with Crippen LogP contribution >= 0.6 is 0 Å². The Morgan fingerprint density at radius 1 is 1.33 bits per heavy atom. The number of nitrogens with zero attached hydrogens (tertiary/aromatic N) is 3. The highest BCUT2D eigenvalue weighted by atomic mass is 19.1. The summed E-state index contributed by atoms with van der Waals surface area (Å²) in [5, 5.41) is 3.75. The van der Waals surface area contributed by atoms with Crippen LogP contribution in [0.15, 0.2) is 35.2 Å². The molecular weight excluding hydrogens is 237 g/mol. The minimum atomic E-state index is -0.319. The molecule has 2 aromatic rings.